The molecular weight excluding hydrogens is 296 g/mol. The summed E-state index contributed by atoms with van der Waals surface area (Å²) in [6.45, 7) is 6.35. The quantitative estimate of drug-likeness (QED) is 0.671. The van der Waals surface area contributed by atoms with Crippen LogP contribution in [0.15, 0.2) is 29.4 Å². The summed E-state index contributed by atoms with van der Waals surface area (Å²) in [5.74, 6) is 1.01. The fourth-order valence-electron chi connectivity index (χ4n) is 2.04. The minimum absolute atomic E-state index is 0.0959. The Morgan fingerprint density at radius 2 is 2.09 bits per heavy atom. The number of hydrogen-bond donors (Lipinski definition) is 2. The lowest BCUT2D eigenvalue weighted by molar-refractivity contribution is 0.0950. The highest BCUT2D eigenvalue weighted by Gasteiger charge is 2.19. The first-order valence-corrected chi connectivity index (χ1v) is 7.22. The molecular formula is C16H18N4O3. The number of aromatic amines is 1. The van der Waals surface area contributed by atoms with Gasteiger partial charge < -0.3 is 9.47 Å². The number of hydrogen-bond acceptors (Lipinski definition) is 5. The molecule has 1 aliphatic rings. The van der Waals surface area contributed by atoms with Crippen LogP contribution in [0, 0.1) is 0 Å². The molecule has 0 aliphatic carbocycles. The molecule has 7 nitrogen and oxygen atoms in total. The second kappa shape index (κ2) is 5.75. The zero-order valence-corrected chi connectivity index (χ0v) is 13.2. The van der Waals surface area contributed by atoms with Crippen molar-refractivity contribution >= 4 is 12.1 Å². The van der Waals surface area contributed by atoms with Crippen molar-refractivity contribution in [3.05, 3.63) is 41.2 Å². The zero-order chi connectivity index (χ0) is 16.4. The number of carbonyl (C=O) groups excluding carboxylic acids is 1. The maximum atomic E-state index is 12.0. The highest BCUT2D eigenvalue weighted by molar-refractivity contribution is 5.93. The molecule has 7 heteroatoms. The van der Waals surface area contributed by atoms with Crippen LogP contribution in [0.5, 0.6) is 11.5 Å². The van der Waals surface area contributed by atoms with Gasteiger partial charge in [-0.25, -0.2) is 5.43 Å². The summed E-state index contributed by atoms with van der Waals surface area (Å²) >= 11 is 0. The van der Waals surface area contributed by atoms with E-state index in [0.717, 1.165) is 11.3 Å². The number of nitrogens with one attached hydrogen (secondary N) is 2. The monoisotopic (exact) mass is 314 g/mol. The molecule has 2 N–H and O–H groups in total. The van der Waals surface area contributed by atoms with Crippen LogP contribution in [0.2, 0.25) is 0 Å². The van der Waals surface area contributed by atoms with Crippen molar-refractivity contribution < 1.29 is 14.3 Å². The van der Waals surface area contributed by atoms with E-state index in [4.69, 9.17) is 9.47 Å². The van der Waals surface area contributed by atoms with E-state index in [1.807, 2.05) is 26.8 Å². The summed E-state index contributed by atoms with van der Waals surface area (Å²) < 4.78 is 10.5. The number of benzene rings is 1. The first kappa shape index (κ1) is 15.1. The van der Waals surface area contributed by atoms with Gasteiger partial charge in [-0.05, 0) is 29.8 Å². The number of hydrazone groups is 1. The smallest absolute Gasteiger partial charge is 0.291 e. The average Bonchev–Trinajstić information content (AvgIpc) is 3.15. The summed E-state index contributed by atoms with van der Waals surface area (Å²) in [5, 5.41) is 10.8. The second-order valence-electron chi connectivity index (χ2n) is 6.23. The fourth-order valence-corrected chi connectivity index (χ4v) is 2.04. The van der Waals surface area contributed by atoms with Crippen LogP contribution in [0.25, 0.3) is 0 Å². The van der Waals surface area contributed by atoms with Crippen molar-refractivity contribution in [1.29, 1.82) is 0 Å². The molecule has 0 spiro atoms. The van der Waals surface area contributed by atoms with Gasteiger partial charge in [0.25, 0.3) is 5.91 Å². The van der Waals surface area contributed by atoms with Gasteiger partial charge >= 0.3 is 0 Å². The number of fused-ring (bicyclic) bond motifs is 1. The van der Waals surface area contributed by atoms with Crippen molar-refractivity contribution in [2.45, 2.75) is 26.2 Å². The van der Waals surface area contributed by atoms with Crippen LogP contribution in [0.4, 0.5) is 0 Å². The zero-order valence-electron chi connectivity index (χ0n) is 13.2. The molecule has 1 aromatic heterocycles. The molecule has 23 heavy (non-hydrogen) atoms. The number of rotatable bonds is 3. The maximum Gasteiger partial charge on any atom is 0.291 e. The molecule has 0 unspecified atom stereocenters. The molecule has 0 bridgehead atoms. The number of ether oxygens (including phenoxy) is 2. The van der Waals surface area contributed by atoms with E-state index in [1.54, 1.807) is 18.2 Å². The van der Waals surface area contributed by atoms with Crippen LogP contribution in [-0.2, 0) is 5.41 Å². The lowest BCUT2D eigenvalue weighted by Crippen LogP contribution is -2.18. The summed E-state index contributed by atoms with van der Waals surface area (Å²) in [7, 11) is 0. The molecule has 0 saturated carbocycles. The highest BCUT2D eigenvalue weighted by Crippen LogP contribution is 2.31. The minimum atomic E-state index is -0.367. The van der Waals surface area contributed by atoms with Gasteiger partial charge in [0.15, 0.2) is 17.2 Å². The average molecular weight is 314 g/mol. The van der Waals surface area contributed by atoms with E-state index in [1.165, 1.54) is 6.21 Å². The van der Waals surface area contributed by atoms with Crippen LogP contribution in [-0.4, -0.2) is 29.1 Å². The highest BCUT2D eigenvalue weighted by atomic mass is 16.7. The van der Waals surface area contributed by atoms with Crippen molar-refractivity contribution in [1.82, 2.24) is 15.6 Å². The SMILES string of the molecule is CC(C)(C)c1cc(C(=O)NN=Cc2ccc3c(c2)OCO3)n[nH]1. The van der Waals surface area contributed by atoms with Gasteiger partial charge in [0.1, 0.15) is 0 Å². The van der Waals surface area contributed by atoms with Gasteiger partial charge in [-0.15, -0.1) is 0 Å². The van der Waals surface area contributed by atoms with Crippen LogP contribution >= 0.6 is 0 Å². The number of amides is 1. The van der Waals surface area contributed by atoms with E-state index in [2.05, 4.69) is 20.7 Å². The summed E-state index contributed by atoms with van der Waals surface area (Å²) in [6.07, 6.45) is 1.54. The molecule has 0 atom stereocenters. The molecule has 0 fully saturated rings. The lowest BCUT2D eigenvalue weighted by Gasteiger charge is -2.14. The molecule has 2 aromatic rings. The third-order valence-electron chi connectivity index (χ3n) is 3.39. The van der Waals surface area contributed by atoms with E-state index < -0.39 is 0 Å². The Bertz CT molecular complexity index is 759. The van der Waals surface area contributed by atoms with Gasteiger partial charge in [0.05, 0.1) is 6.21 Å². The molecule has 2 heterocycles. The number of nitrogens with zero attached hydrogens (tertiary/aromatic N) is 2. The normalized spacial score (nSPS) is 13.5. The van der Waals surface area contributed by atoms with Crippen molar-refractivity contribution in [2.24, 2.45) is 5.10 Å². The Balaban J connectivity index is 1.63. The third kappa shape index (κ3) is 3.33. The first-order valence-electron chi connectivity index (χ1n) is 7.22. The molecule has 1 amide bonds. The Hall–Kier alpha value is -2.83. The maximum absolute atomic E-state index is 12.0. The molecule has 1 aromatic carbocycles. The van der Waals surface area contributed by atoms with Crippen LogP contribution in [0.1, 0.15) is 42.5 Å². The van der Waals surface area contributed by atoms with Crippen molar-refractivity contribution in [3.63, 3.8) is 0 Å². The van der Waals surface area contributed by atoms with E-state index in [0.29, 0.717) is 17.2 Å². The van der Waals surface area contributed by atoms with E-state index in [9.17, 15) is 4.79 Å². The molecule has 0 radical (unpaired) electrons. The summed E-state index contributed by atoms with van der Waals surface area (Å²) in [6, 6.07) is 7.15. The predicted octanol–water partition coefficient (Wildman–Crippen LogP) is 2.20. The minimum Gasteiger partial charge on any atom is -0.454 e. The van der Waals surface area contributed by atoms with Crippen LogP contribution < -0.4 is 14.9 Å². The van der Waals surface area contributed by atoms with Gasteiger partial charge in [-0.3, -0.25) is 9.89 Å². The molecule has 3 rings (SSSR count). The Labute approximate surface area is 133 Å². The molecule has 120 valence electrons. The number of aromatic nitrogens is 2. The largest absolute Gasteiger partial charge is 0.454 e. The summed E-state index contributed by atoms with van der Waals surface area (Å²) in [4.78, 5) is 12.0. The van der Waals surface area contributed by atoms with Gasteiger partial charge in [-0.1, -0.05) is 20.8 Å². The number of H-pyrrole nitrogens is 1. The van der Waals surface area contributed by atoms with Crippen LogP contribution in [0.3, 0.4) is 0 Å². The van der Waals surface area contributed by atoms with Crippen molar-refractivity contribution in [3.8, 4) is 11.5 Å². The third-order valence-corrected chi connectivity index (χ3v) is 3.39. The summed E-state index contributed by atoms with van der Waals surface area (Å²) in [5.41, 5.74) is 4.35. The lowest BCUT2D eigenvalue weighted by atomic mass is 9.92. The molecule has 0 saturated heterocycles. The Morgan fingerprint density at radius 3 is 2.83 bits per heavy atom. The van der Waals surface area contributed by atoms with Gasteiger partial charge in [0, 0.05) is 11.1 Å². The number of carbonyl (C=O) groups is 1. The topological polar surface area (TPSA) is 88.6 Å². The van der Waals surface area contributed by atoms with E-state index >= 15 is 0 Å². The van der Waals surface area contributed by atoms with Crippen molar-refractivity contribution in [2.75, 3.05) is 6.79 Å². The fraction of sp³-hybridized carbons (Fsp3) is 0.312. The second-order valence-corrected chi connectivity index (χ2v) is 6.23. The predicted molar refractivity (Wildman–Crippen MR) is 84.9 cm³/mol. The van der Waals surface area contributed by atoms with Gasteiger partial charge in [-0.2, -0.15) is 10.2 Å². The van der Waals surface area contributed by atoms with E-state index in [-0.39, 0.29) is 18.1 Å². The Morgan fingerprint density at radius 1 is 1.30 bits per heavy atom. The first-order chi connectivity index (χ1) is 10.9. The standard InChI is InChI=1S/C16H18N4O3/c1-16(2,3)14-7-11(18-19-14)15(21)20-17-8-10-4-5-12-13(6-10)23-9-22-12/h4-8H,9H2,1-3H3,(H,18,19)(H,20,21). The van der Waals surface area contributed by atoms with Gasteiger partial charge in [0.2, 0.25) is 6.79 Å². The molecule has 1 aliphatic heterocycles. The Kier molecular flexibility index (Phi) is 3.77.